The molecule has 0 aromatic carbocycles. The molecule has 0 radical (unpaired) electrons. The van der Waals surface area contributed by atoms with E-state index >= 15 is 0 Å². The minimum absolute atomic E-state index is 0.571. The van der Waals surface area contributed by atoms with Gasteiger partial charge in [-0.05, 0) is 36.6 Å². The van der Waals surface area contributed by atoms with Crippen LogP contribution >= 0.6 is 11.8 Å². The summed E-state index contributed by atoms with van der Waals surface area (Å²) < 4.78 is 5.50. The Morgan fingerprint density at radius 3 is 2.82 bits per heavy atom. The maximum absolute atomic E-state index is 5.81. The average Bonchev–Trinajstić information content (AvgIpc) is 2.29. The number of nitrogen functional groups attached to an aromatic ring is 1. The fourth-order valence-corrected chi connectivity index (χ4v) is 2.34. The first kappa shape index (κ1) is 14.2. The molecule has 0 spiro atoms. The van der Waals surface area contributed by atoms with Crippen LogP contribution in [0.15, 0.2) is 17.2 Å². The third kappa shape index (κ3) is 5.31. The molecule has 0 amide bonds. The summed E-state index contributed by atoms with van der Waals surface area (Å²) in [5.41, 5.74) is 6.43. The summed E-state index contributed by atoms with van der Waals surface area (Å²) in [5.74, 6) is 2.38. The standard InChI is InChI=1S/C13H22N2OS/c1-4-8-16-13-11(14)5-6-12(15-13)17-9-7-10(2)3/h5-6,10H,4,7-9,14H2,1-3H3. The van der Waals surface area contributed by atoms with E-state index in [0.29, 0.717) is 18.2 Å². The summed E-state index contributed by atoms with van der Waals surface area (Å²) in [6, 6.07) is 3.83. The summed E-state index contributed by atoms with van der Waals surface area (Å²) in [6.45, 7) is 7.19. The van der Waals surface area contributed by atoms with E-state index in [1.807, 2.05) is 12.1 Å². The van der Waals surface area contributed by atoms with Crippen LogP contribution in [-0.4, -0.2) is 17.3 Å². The highest BCUT2D eigenvalue weighted by molar-refractivity contribution is 7.99. The van der Waals surface area contributed by atoms with Crippen LogP contribution < -0.4 is 10.5 Å². The van der Waals surface area contributed by atoms with Crippen molar-refractivity contribution in [2.45, 2.75) is 38.6 Å². The van der Waals surface area contributed by atoms with E-state index in [0.717, 1.165) is 23.1 Å². The van der Waals surface area contributed by atoms with Crippen LogP contribution in [0.25, 0.3) is 0 Å². The van der Waals surface area contributed by atoms with Gasteiger partial charge in [-0.15, -0.1) is 11.8 Å². The van der Waals surface area contributed by atoms with Crippen molar-refractivity contribution < 1.29 is 4.74 Å². The third-order valence-corrected chi connectivity index (χ3v) is 3.22. The van der Waals surface area contributed by atoms with Gasteiger partial charge >= 0.3 is 0 Å². The Labute approximate surface area is 108 Å². The zero-order chi connectivity index (χ0) is 12.7. The van der Waals surface area contributed by atoms with Crippen molar-refractivity contribution in [2.24, 2.45) is 5.92 Å². The molecule has 2 N–H and O–H groups in total. The van der Waals surface area contributed by atoms with Gasteiger partial charge < -0.3 is 10.5 Å². The van der Waals surface area contributed by atoms with E-state index in [2.05, 4.69) is 25.8 Å². The molecule has 0 aliphatic heterocycles. The first-order chi connectivity index (χ1) is 8.13. The first-order valence-electron chi connectivity index (χ1n) is 6.15. The zero-order valence-electron chi connectivity index (χ0n) is 10.9. The lowest BCUT2D eigenvalue weighted by Crippen LogP contribution is -2.02. The molecule has 0 saturated carbocycles. The lowest BCUT2D eigenvalue weighted by atomic mass is 10.2. The van der Waals surface area contributed by atoms with Crippen LogP contribution in [0.2, 0.25) is 0 Å². The lowest BCUT2D eigenvalue weighted by molar-refractivity contribution is 0.305. The number of ether oxygens (including phenoxy) is 1. The van der Waals surface area contributed by atoms with E-state index in [1.54, 1.807) is 11.8 Å². The van der Waals surface area contributed by atoms with Gasteiger partial charge in [0.2, 0.25) is 5.88 Å². The zero-order valence-corrected chi connectivity index (χ0v) is 11.7. The minimum Gasteiger partial charge on any atom is -0.476 e. The monoisotopic (exact) mass is 254 g/mol. The Balaban J connectivity index is 2.55. The number of thioether (sulfide) groups is 1. The number of hydrogen-bond donors (Lipinski definition) is 1. The molecule has 0 fully saturated rings. The fourth-order valence-electron chi connectivity index (χ4n) is 1.23. The molecule has 96 valence electrons. The van der Waals surface area contributed by atoms with E-state index in [9.17, 15) is 0 Å². The van der Waals surface area contributed by atoms with Crippen molar-refractivity contribution in [2.75, 3.05) is 18.1 Å². The number of nitrogens with zero attached hydrogens (tertiary/aromatic N) is 1. The molecule has 0 unspecified atom stereocenters. The Kier molecular flexibility index (Phi) is 6.19. The minimum atomic E-state index is 0.571. The van der Waals surface area contributed by atoms with Crippen molar-refractivity contribution >= 4 is 17.4 Å². The molecular weight excluding hydrogens is 232 g/mol. The van der Waals surface area contributed by atoms with Crippen LogP contribution in [0.5, 0.6) is 5.88 Å². The molecule has 1 heterocycles. The molecule has 0 aliphatic carbocycles. The van der Waals surface area contributed by atoms with Crippen molar-refractivity contribution in [3.05, 3.63) is 12.1 Å². The SMILES string of the molecule is CCCOc1nc(SCCC(C)C)ccc1N. The van der Waals surface area contributed by atoms with Crippen LogP contribution in [0.4, 0.5) is 5.69 Å². The summed E-state index contributed by atoms with van der Waals surface area (Å²) in [7, 11) is 0. The number of aromatic nitrogens is 1. The largest absolute Gasteiger partial charge is 0.476 e. The Hall–Kier alpha value is -0.900. The molecule has 17 heavy (non-hydrogen) atoms. The van der Waals surface area contributed by atoms with Gasteiger partial charge in [-0.1, -0.05) is 20.8 Å². The molecule has 0 aliphatic rings. The van der Waals surface area contributed by atoms with Crippen LogP contribution in [0.1, 0.15) is 33.6 Å². The normalized spacial score (nSPS) is 10.8. The number of anilines is 1. The molecular formula is C13H22N2OS. The van der Waals surface area contributed by atoms with Gasteiger partial charge in [-0.25, -0.2) is 4.98 Å². The van der Waals surface area contributed by atoms with Gasteiger partial charge in [0, 0.05) is 0 Å². The molecule has 0 bridgehead atoms. The maximum atomic E-state index is 5.81. The van der Waals surface area contributed by atoms with E-state index in [1.165, 1.54) is 6.42 Å². The number of nitrogens with two attached hydrogens (primary N) is 1. The molecule has 1 aromatic rings. The second kappa shape index (κ2) is 7.43. The number of rotatable bonds is 7. The Morgan fingerprint density at radius 2 is 2.18 bits per heavy atom. The highest BCUT2D eigenvalue weighted by atomic mass is 32.2. The highest BCUT2D eigenvalue weighted by Crippen LogP contribution is 2.25. The Bertz CT molecular complexity index is 342. The van der Waals surface area contributed by atoms with Gasteiger partial charge in [0.05, 0.1) is 12.3 Å². The second-order valence-corrected chi connectivity index (χ2v) is 5.54. The predicted octanol–water partition coefficient (Wildman–Crippen LogP) is 3.59. The van der Waals surface area contributed by atoms with Gasteiger partial charge in [0.25, 0.3) is 0 Å². The molecule has 4 heteroatoms. The van der Waals surface area contributed by atoms with Gasteiger partial charge in [-0.2, -0.15) is 0 Å². The van der Waals surface area contributed by atoms with Crippen LogP contribution in [-0.2, 0) is 0 Å². The molecule has 3 nitrogen and oxygen atoms in total. The predicted molar refractivity (Wildman–Crippen MR) is 74.6 cm³/mol. The molecule has 1 rings (SSSR count). The first-order valence-corrected chi connectivity index (χ1v) is 7.14. The van der Waals surface area contributed by atoms with Crippen molar-refractivity contribution in [3.63, 3.8) is 0 Å². The van der Waals surface area contributed by atoms with E-state index in [-0.39, 0.29) is 0 Å². The van der Waals surface area contributed by atoms with Crippen molar-refractivity contribution in [3.8, 4) is 5.88 Å². The second-order valence-electron chi connectivity index (χ2n) is 4.42. The molecule has 1 aromatic heterocycles. The topological polar surface area (TPSA) is 48.1 Å². The van der Waals surface area contributed by atoms with Gasteiger partial charge in [0.15, 0.2) is 0 Å². The third-order valence-electron chi connectivity index (χ3n) is 2.25. The Morgan fingerprint density at radius 1 is 1.41 bits per heavy atom. The number of hydrogen-bond acceptors (Lipinski definition) is 4. The van der Waals surface area contributed by atoms with Crippen molar-refractivity contribution in [1.82, 2.24) is 4.98 Å². The fraction of sp³-hybridized carbons (Fsp3) is 0.615. The van der Waals surface area contributed by atoms with Crippen LogP contribution in [0.3, 0.4) is 0 Å². The van der Waals surface area contributed by atoms with Crippen molar-refractivity contribution in [1.29, 1.82) is 0 Å². The summed E-state index contributed by atoms with van der Waals surface area (Å²) in [5, 5.41) is 0.992. The average molecular weight is 254 g/mol. The quantitative estimate of drug-likeness (QED) is 0.755. The summed E-state index contributed by atoms with van der Waals surface area (Å²) in [4.78, 5) is 4.42. The van der Waals surface area contributed by atoms with E-state index < -0.39 is 0 Å². The summed E-state index contributed by atoms with van der Waals surface area (Å²) in [6.07, 6.45) is 2.16. The highest BCUT2D eigenvalue weighted by Gasteiger charge is 2.05. The van der Waals surface area contributed by atoms with Crippen LogP contribution in [0, 0.1) is 5.92 Å². The number of pyridine rings is 1. The summed E-state index contributed by atoms with van der Waals surface area (Å²) >= 11 is 1.76. The lowest BCUT2D eigenvalue weighted by Gasteiger charge is -2.09. The molecule has 0 saturated heterocycles. The molecule has 0 atom stereocenters. The van der Waals surface area contributed by atoms with E-state index in [4.69, 9.17) is 10.5 Å². The van der Waals surface area contributed by atoms with Gasteiger partial charge in [-0.3, -0.25) is 0 Å². The maximum Gasteiger partial charge on any atom is 0.238 e. The van der Waals surface area contributed by atoms with Gasteiger partial charge in [0.1, 0.15) is 5.03 Å². The smallest absolute Gasteiger partial charge is 0.238 e.